The summed E-state index contributed by atoms with van der Waals surface area (Å²) in [7, 11) is 0. The van der Waals surface area contributed by atoms with Crippen LogP contribution in [0.15, 0.2) is 36.5 Å². The molecule has 0 aliphatic carbocycles. The lowest BCUT2D eigenvalue weighted by Gasteiger charge is -2.12. The van der Waals surface area contributed by atoms with Crippen molar-refractivity contribution in [3.8, 4) is 0 Å². The van der Waals surface area contributed by atoms with Crippen LogP contribution in [-0.4, -0.2) is 15.3 Å². The zero-order valence-electron chi connectivity index (χ0n) is 10.2. The second-order valence-electron chi connectivity index (χ2n) is 4.39. The Labute approximate surface area is 102 Å². The lowest BCUT2D eigenvalue weighted by atomic mass is 9.96. The number of hydrogen-bond donors (Lipinski definition) is 2. The molecule has 3 nitrogen and oxygen atoms in total. The van der Waals surface area contributed by atoms with Gasteiger partial charge in [0.2, 0.25) is 0 Å². The summed E-state index contributed by atoms with van der Waals surface area (Å²) in [5.41, 5.74) is 2.93. The maximum Gasteiger partial charge on any atom is 0.120 e. The minimum atomic E-state index is -0.622. The maximum atomic E-state index is 10.1. The van der Waals surface area contributed by atoms with Crippen LogP contribution in [0, 0.1) is 0 Å². The number of nitrogens with zero attached hydrogens (tertiary/aromatic N) is 1. The van der Waals surface area contributed by atoms with E-state index in [1.807, 2.05) is 12.1 Å². The number of aromatic nitrogens is 2. The molecule has 2 N–H and O–H groups in total. The van der Waals surface area contributed by atoms with Crippen molar-refractivity contribution >= 4 is 0 Å². The number of aliphatic hydroxyl groups is 1. The molecule has 2 aromatic rings. The predicted molar refractivity (Wildman–Crippen MR) is 67.8 cm³/mol. The summed E-state index contributed by atoms with van der Waals surface area (Å²) >= 11 is 0. The third-order valence-electron chi connectivity index (χ3n) is 3.25. The second-order valence-corrected chi connectivity index (χ2v) is 4.39. The van der Waals surface area contributed by atoms with Crippen LogP contribution in [-0.2, 0) is 0 Å². The molecule has 0 saturated carbocycles. The molecule has 3 heteroatoms. The largest absolute Gasteiger partial charge is 0.382 e. The van der Waals surface area contributed by atoms with Gasteiger partial charge in [-0.3, -0.25) is 5.10 Å². The standard InChI is InChI=1S/C14H18N2O/c1-3-10(2)11-4-6-12(7-5-11)14(17)13-8-9-15-16-13/h4-10,14,17H,3H2,1-2H3,(H,15,16). The summed E-state index contributed by atoms with van der Waals surface area (Å²) in [4.78, 5) is 0. The Kier molecular flexibility index (Phi) is 3.59. The number of rotatable bonds is 4. The number of hydrogen-bond acceptors (Lipinski definition) is 2. The third kappa shape index (κ3) is 2.56. The van der Waals surface area contributed by atoms with Crippen LogP contribution in [0.1, 0.15) is 49.1 Å². The Morgan fingerprint density at radius 2 is 1.82 bits per heavy atom. The average molecular weight is 230 g/mol. The fourth-order valence-corrected chi connectivity index (χ4v) is 1.84. The van der Waals surface area contributed by atoms with E-state index in [2.05, 4.69) is 36.2 Å². The van der Waals surface area contributed by atoms with E-state index in [1.165, 1.54) is 5.56 Å². The van der Waals surface area contributed by atoms with E-state index in [0.717, 1.165) is 17.7 Å². The number of nitrogens with one attached hydrogen (secondary N) is 1. The van der Waals surface area contributed by atoms with Crippen molar-refractivity contribution in [2.24, 2.45) is 0 Å². The molecule has 0 aliphatic rings. The van der Waals surface area contributed by atoms with Gasteiger partial charge in [-0.05, 0) is 29.5 Å². The number of H-pyrrole nitrogens is 1. The maximum absolute atomic E-state index is 10.1. The van der Waals surface area contributed by atoms with Gasteiger partial charge in [0.15, 0.2) is 0 Å². The van der Waals surface area contributed by atoms with Crippen molar-refractivity contribution in [1.29, 1.82) is 0 Å². The van der Waals surface area contributed by atoms with Gasteiger partial charge in [-0.15, -0.1) is 0 Å². The van der Waals surface area contributed by atoms with E-state index in [4.69, 9.17) is 0 Å². The fraction of sp³-hybridized carbons (Fsp3) is 0.357. The van der Waals surface area contributed by atoms with Gasteiger partial charge in [0.1, 0.15) is 6.10 Å². The molecule has 2 rings (SSSR count). The van der Waals surface area contributed by atoms with Crippen LogP contribution in [0.2, 0.25) is 0 Å². The zero-order valence-corrected chi connectivity index (χ0v) is 10.2. The summed E-state index contributed by atoms with van der Waals surface area (Å²) < 4.78 is 0. The molecule has 0 saturated heterocycles. The highest BCUT2D eigenvalue weighted by Crippen LogP contribution is 2.23. The topological polar surface area (TPSA) is 48.9 Å². The van der Waals surface area contributed by atoms with Gasteiger partial charge in [0.05, 0.1) is 5.69 Å². The van der Waals surface area contributed by atoms with Crippen LogP contribution in [0.4, 0.5) is 0 Å². The molecule has 0 fully saturated rings. The van der Waals surface area contributed by atoms with Gasteiger partial charge in [0, 0.05) is 6.20 Å². The van der Waals surface area contributed by atoms with Crippen molar-refractivity contribution in [1.82, 2.24) is 10.2 Å². The SMILES string of the molecule is CCC(C)c1ccc(C(O)c2ccn[nH]2)cc1. The summed E-state index contributed by atoms with van der Waals surface area (Å²) in [6, 6.07) is 9.92. The zero-order chi connectivity index (χ0) is 12.3. The van der Waals surface area contributed by atoms with Crippen molar-refractivity contribution in [2.75, 3.05) is 0 Å². The van der Waals surface area contributed by atoms with Crippen molar-refractivity contribution in [3.05, 3.63) is 53.3 Å². The van der Waals surface area contributed by atoms with E-state index < -0.39 is 6.10 Å². The lowest BCUT2D eigenvalue weighted by molar-refractivity contribution is 0.215. The molecule has 0 aliphatic heterocycles. The first kappa shape index (κ1) is 11.9. The minimum Gasteiger partial charge on any atom is -0.382 e. The lowest BCUT2D eigenvalue weighted by Crippen LogP contribution is -2.01. The van der Waals surface area contributed by atoms with Crippen LogP contribution < -0.4 is 0 Å². The molecule has 1 heterocycles. The fourth-order valence-electron chi connectivity index (χ4n) is 1.84. The van der Waals surface area contributed by atoms with E-state index in [-0.39, 0.29) is 0 Å². The van der Waals surface area contributed by atoms with E-state index in [0.29, 0.717) is 5.92 Å². The Bertz CT molecular complexity index is 448. The van der Waals surface area contributed by atoms with Gasteiger partial charge in [-0.2, -0.15) is 5.10 Å². The van der Waals surface area contributed by atoms with Crippen LogP contribution in [0.3, 0.4) is 0 Å². The van der Waals surface area contributed by atoms with Crippen LogP contribution in [0.5, 0.6) is 0 Å². The Hall–Kier alpha value is -1.61. The highest BCUT2D eigenvalue weighted by atomic mass is 16.3. The number of aliphatic hydroxyl groups excluding tert-OH is 1. The van der Waals surface area contributed by atoms with Crippen molar-refractivity contribution < 1.29 is 5.11 Å². The minimum absolute atomic E-state index is 0.563. The van der Waals surface area contributed by atoms with Gasteiger partial charge >= 0.3 is 0 Å². The van der Waals surface area contributed by atoms with E-state index in [9.17, 15) is 5.11 Å². The van der Waals surface area contributed by atoms with E-state index in [1.54, 1.807) is 12.3 Å². The molecule has 2 unspecified atom stereocenters. The first-order valence-electron chi connectivity index (χ1n) is 5.99. The third-order valence-corrected chi connectivity index (χ3v) is 3.25. The van der Waals surface area contributed by atoms with Gasteiger partial charge in [-0.25, -0.2) is 0 Å². The predicted octanol–water partition coefficient (Wildman–Crippen LogP) is 3.00. The Balaban J connectivity index is 2.18. The first-order chi connectivity index (χ1) is 8.22. The smallest absolute Gasteiger partial charge is 0.120 e. The molecule has 17 heavy (non-hydrogen) atoms. The first-order valence-corrected chi connectivity index (χ1v) is 5.99. The normalized spacial score (nSPS) is 14.5. The summed E-state index contributed by atoms with van der Waals surface area (Å²) in [6.45, 7) is 4.39. The molecule has 0 amide bonds. The van der Waals surface area contributed by atoms with Crippen LogP contribution >= 0.6 is 0 Å². The second kappa shape index (κ2) is 5.15. The van der Waals surface area contributed by atoms with Crippen LogP contribution in [0.25, 0.3) is 0 Å². The van der Waals surface area contributed by atoms with Gasteiger partial charge in [-0.1, -0.05) is 38.1 Å². The number of benzene rings is 1. The van der Waals surface area contributed by atoms with Gasteiger partial charge in [0.25, 0.3) is 0 Å². The molecule has 0 radical (unpaired) electrons. The molecule has 0 spiro atoms. The summed E-state index contributed by atoms with van der Waals surface area (Å²) in [6.07, 6.45) is 2.15. The van der Waals surface area contributed by atoms with Crippen molar-refractivity contribution in [3.63, 3.8) is 0 Å². The summed E-state index contributed by atoms with van der Waals surface area (Å²) in [5.74, 6) is 0.563. The Morgan fingerprint density at radius 1 is 1.18 bits per heavy atom. The molecular weight excluding hydrogens is 212 g/mol. The average Bonchev–Trinajstić information content (AvgIpc) is 2.91. The molecule has 1 aromatic heterocycles. The number of aromatic amines is 1. The molecule has 2 atom stereocenters. The highest BCUT2D eigenvalue weighted by Gasteiger charge is 2.12. The molecule has 90 valence electrons. The summed E-state index contributed by atoms with van der Waals surface area (Å²) in [5, 5.41) is 16.7. The monoisotopic (exact) mass is 230 g/mol. The molecular formula is C14H18N2O. The Morgan fingerprint density at radius 3 is 2.35 bits per heavy atom. The van der Waals surface area contributed by atoms with E-state index >= 15 is 0 Å². The molecule has 0 bridgehead atoms. The molecule has 1 aromatic carbocycles. The quantitative estimate of drug-likeness (QED) is 0.848. The van der Waals surface area contributed by atoms with Gasteiger partial charge < -0.3 is 5.11 Å². The van der Waals surface area contributed by atoms with Crippen molar-refractivity contribution in [2.45, 2.75) is 32.3 Å². The highest BCUT2D eigenvalue weighted by molar-refractivity contribution is 5.29.